The number of rotatable bonds is 2. The van der Waals surface area contributed by atoms with E-state index in [0.717, 1.165) is 48.6 Å². The zero-order valence-electron chi connectivity index (χ0n) is 11.1. The number of hydrogen-bond donors (Lipinski definition) is 2. The first-order chi connectivity index (χ1) is 9.92. The Kier molecular flexibility index (Phi) is 2.65. The van der Waals surface area contributed by atoms with Crippen molar-refractivity contribution in [2.75, 3.05) is 18.0 Å². The first kappa shape index (κ1) is 11.5. The predicted molar refractivity (Wildman–Crippen MR) is 76.7 cm³/mol. The number of H-pyrrole nitrogens is 2. The summed E-state index contributed by atoms with van der Waals surface area (Å²) in [5.74, 6) is 2.68. The monoisotopic (exact) mass is 268 g/mol. The van der Waals surface area contributed by atoms with Gasteiger partial charge in [-0.2, -0.15) is 0 Å². The lowest BCUT2D eigenvalue weighted by Crippen LogP contribution is -2.33. The number of imidazole rings is 1. The molecule has 3 aromatic heterocycles. The lowest BCUT2D eigenvalue weighted by atomic mass is 9.96. The maximum atomic E-state index is 4.46. The van der Waals surface area contributed by atoms with Gasteiger partial charge in [0, 0.05) is 37.6 Å². The maximum Gasteiger partial charge on any atom is 0.142 e. The van der Waals surface area contributed by atoms with Crippen LogP contribution in [0.25, 0.3) is 11.0 Å². The molecule has 3 aromatic rings. The van der Waals surface area contributed by atoms with Gasteiger partial charge in [0.25, 0.3) is 0 Å². The Morgan fingerprint density at radius 2 is 1.95 bits per heavy atom. The molecule has 6 nitrogen and oxygen atoms in total. The van der Waals surface area contributed by atoms with E-state index >= 15 is 0 Å². The van der Waals surface area contributed by atoms with E-state index in [1.54, 1.807) is 6.33 Å². The zero-order chi connectivity index (χ0) is 13.4. The third-order valence-corrected chi connectivity index (χ3v) is 4.03. The van der Waals surface area contributed by atoms with E-state index in [-0.39, 0.29) is 0 Å². The Morgan fingerprint density at radius 1 is 1.05 bits per heavy atom. The molecule has 1 fully saturated rings. The van der Waals surface area contributed by atoms with E-state index in [1.807, 2.05) is 24.7 Å². The minimum absolute atomic E-state index is 0.532. The Morgan fingerprint density at radius 3 is 2.75 bits per heavy atom. The van der Waals surface area contributed by atoms with Gasteiger partial charge in [-0.05, 0) is 18.9 Å². The van der Waals surface area contributed by atoms with Crippen LogP contribution in [0.4, 0.5) is 5.82 Å². The molecule has 102 valence electrons. The Bertz CT molecular complexity index is 693. The average Bonchev–Trinajstić information content (AvgIpc) is 3.18. The second kappa shape index (κ2) is 4.63. The van der Waals surface area contributed by atoms with Crippen molar-refractivity contribution in [3.63, 3.8) is 0 Å². The number of fused-ring (bicyclic) bond motifs is 1. The van der Waals surface area contributed by atoms with Gasteiger partial charge >= 0.3 is 0 Å². The van der Waals surface area contributed by atoms with Crippen molar-refractivity contribution in [2.45, 2.75) is 18.8 Å². The highest BCUT2D eigenvalue weighted by Gasteiger charge is 2.24. The Balaban J connectivity index is 1.56. The number of nitrogens with zero attached hydrogens (tertiary/aromatic N) is 4. The van der Waals surface area contributed by atoms with Crippen LogP contribution in [0.1, 0.15) is 24.6 Å². The molecule has 0 unspecified atom stereocenters. The molecule has 0 aromatic carbocycles. The van der Waals surface area contributed by atoms with Crippen LogP contribution in [0.2, 0.25) is 0 Å². The summed E-state index contributed by atoms with van der Waals surface area (Å²) in [7, 11) is 0. The lowest BCUT2D eigenvalue weighted by Gasteiger charge is -2.32. The number of nitrogens with one attached hydrogen (secondary N) is 2. The number of aromatic amines is 2. The molecule has 0 aliphatic carbocycles. The second-order valence-electron chi connectivity index (χ2n) is 5.17. The molecule has 2 N–H and O–H groups in total. The second-order valence-corrected chi connectivity index (χ2v) is 5.17. The van der Waals surface area contributed by atoms with Gasteiger partial charge in [0.1, 0.15) is 23.6 Å². The fourth-order valence-corrected chi connectivity index (χ4v) is 2.98. The summed E-state index contributed by atoms with van der Waals surface area (Å²) in [6.45, 7) is 2.01. The third kappa shape index (κ3) is 1.84. The van der Waals surface area contributed by atoms with Gasteiger partial charge in [-0.1, -0.05) is 0 Å². The number of anilines is 1. The molecule has 1 saturated heterocycles. The van der Waals surface area contributed by atoms with E-state index < -0.39 is 0 Å². The molecular formula is C14H16N6. The summed E-state index contributed by atoms with van der Waals surface area (Å²) >= 11 is 0. The predicted octanol–water partition coefficient (Wildman–Crippen LogP) is 2.06. The summed E-state index contributed by atoms with van der Waals surface area (Å²) in [4.78, 5) is 21.8. The highest BCUT2D eigenvalue weighted by Crippen LogP contribution is 2.30. The quantitative estimate of drug-likeness (QED) is 0.746. The molecule has 0 radical (unpaired) electrons. The van der Waals surface area contributed by atoms with Gasteiger partial charge in [0.15, 0.2) is 0 Å². The molecule has 20 heavy (non-hydrogen) atoms. The minimum Gasteiger partial charge on any atom is -0.356 e. The average molecular weight is 268 g/mol. The van der Waals surface area contributed by atoms with Crippen LogP contribution in [0.5, 0.6) is 0 Å². The van der Waals surface area contributed by atoms with Crippen LogP contribution in [0.3, 0.4) is 0 Å². The van der Waals surface area contributed by atoms with Crippen molar-refractivity contribution in [2.24, 2.45) is 0 Å². The molecule has 1 aliphatic heterocycles. The summed E-state index contributed by atoms with van der Waals surface area (Å²) in [5, 5.41) is 1.10. The van der Waals surface area contributed by atoms with Crippen LogP contribution < -0.4 is 4.90 Å². The van der Waals surface area contributed by atoms with Crippen molar-refractivity contribution < 1.29 is 0 Å². The molecule has 0 bridgehead atoms. The first-order valence-electron chi connectivity index (χ1n) is 6.94. The molecular weight excluding hydrogens is 252 g/mol. The van der Waals surface area contributed by atoms with Crippen LogP contribution in [0.15, 0.2) is 31.0 Å². The SMILES string of the molecule is c1c[nH]c(C2CCN(c3ncnc4[nH]ccc34)CC2)n1. The van der Waals surface area contributed by atoms with Crippen LogP contribution in [-0.4, -0.2) is 38.0 Å². The number of aromatic nitrogens is 5. The van der Waals surface area contributed by atoms with Gasteiger partial charge in [-0.3, -0.25) is 0 Å². The number of piperidine rings is 1. The van der Waals surface area contributed by atoms with Crippen molar-refractivity contribution in [1.82, 2.24) is 24.9 Å². The normalized spacial score (nSPS) is 16.9. The molecule has 0 saturated carbocycles. The zero-order valence-corrected chi connectivity index (χ0v) is 11.1. The van der Waals surface area contributed by atoms with Crippen molar-refractivity contribution in [3.05, 3.63) is 36.8 Å². The largest absolute Gasteiger partial charge is 0.356 e. The number of hydrogen-bond acceptors (Lipinski definition) is 4. The highest BCUT2D eigenvalue weighted by atomic mass is 15.2. The van der Waals surface area contributed by atoms with Crippen molar-refractivity contribution in [3.8, 4) is 0 Å². The van der Waals surface area contributed by atoms with E-state index in [0.29, 0.717) is 5.92 Å². The van der Waals surface area contributed by atoms with Crippen LogP contribution >= 0.6 is 0 Å². The van der Waals surface area contributed by atoms with Gasteiger partial charge in [0.2, 0.25) is 0 Å². The van der Waals surface area contributed by atoms with E-state index in [4.69, 9.17) is 0 Å². The highest BCUT2D eigenvalue weighted by molar-refractivity contribution is 5.87. The minimum atomic E-state index is 0.532. The summed E-state index contributed by atoms with van der Waals surface area (Å²) in [5.41, 5.74) is 0.906. The molecule has 0 spiro atoms. The van der Waals surface area contributed by atoms with E-state index in [9.17, 15) is 0 Å². The molecule has 0 amide bonds. The van der Waals surface area contributed by atoms with Gasteiger partial charge in [-0.25, -0.2) is 15.0 Å². The molecule has 4 rings (SSSR count). The van der Waals surface area contributed by atoms with Crippen LogP contribution in [0, 0.1) is 0 Å². The molecule has 6 heteroatoms. The van der Waals surface area contributed by atoms with Crippen molar-refractivity contribution in [1.29, 1.82) is 0 Å². The molecule has 0 atom stereocenters. The Labute approximate surface area is 116 Å². The van der Waals surface area contributed by atoms with Crippen LogP contribution in [-0.2, 0) is 0 Å². The summed E-state index contributed by atoms with van der Waals surface area (Å²) in [6.07, 6.45) is 9.48. The topological polar surface area (TPSA) is 73.5 Å². The van der Waals surface area contributed by atoms with E-state index in [1.165, 1.54) is 0 Å². The van der Waals surface area contributed by atoms with Gasteiger partial charge in [0.05, 0.1) is 5.39 Å². The Hall–Kier alpha value is -2.37. The van der Waals surface area contributed by atoms with Gasteiger partial charge < -0.3 is 14.9 Å². The fraction of sp³-hybridized carbons (Fsp3) is 0.357. The third-order valence-electron chi connectivity index (χ3n) is 4.03. The maximum absolute atomic E-state index is 4.46. The summed E-state index contributed by atoms with van der Waals surface area (Å²) < 4.78 is 0. The van der Waals surface area contributed by atoms with Gasteiger partial charge in [-0.15, -0.1) is 0 Å². The smallest absolute Gasteiger partial charge is 0.142 e. The fourth-order valence-electron chi connectivity index (χ4n) is 2.98. The van der Waals surface area contributed by atoms with Crippen molar-refractivity contribution >= 4 is 16.9 Å². The molecule has 4 heterocycles. The standard InChI is InChI=1S/C14H16N6/c1-4-15-13-11(1)14(19-9-18-13)20-7-2-10(3-8-20)12-16-5-6-17-12/h1,4-6,9-10H,2-3,7-8H2,(H,16,17)(H,15,18,19). The molecule has 1 aliphatic rings. The lowest BCUT2D eigenvalue weighted by molar-refractivity contribution is 0.487. The summed E-state index contributed by atoms with van der Waals surface area (Å²) in [6, 6.07) is 2.04. The van der Waals surface area contributed by atoms with E-state index in [2.05, 4.69) is 29.8 Å². The first-order valence-corrected chi connectivity index (χ1v) is 6.94.